The van der Waals surface area contributed by atoms with Crippen molar-refractivity contribution in [2.24, 2.45) is 0 Å². The number of alkyl halides is 3. The fourth-order valence-electron chi connectivity index (χ4n) is 1.59. The highest BCUT2D eigenvalue weighted by Crippen LogP contribution is 2.35. The molecule has 0 spiro atoms. The molecule has 0 heterocycles. The molecule has 1 atom stereocenters. The van der Waals surface area contributed by atoms with Crippen LogP contribution in [0.5, 0.6) is 0 Å². The standard InChI is InChI=1S/C12H14F5N/c1-6(2)18-11(12(15,16)17)8-4-7(3)9(13)5-10(8)14/h4-6,11,18H,1-3H3. The SMILES string of the molecule is Cc1cc(C(NC(C)C)C(F)(F)F)c(F)cc1F. The molecule has 1 rings (SSSR count). The van der Waals surface area contributed by atoms with Crippen LogP contribution in [0.2, 0.25) is 0 Å². The first kappa shape index (κ1) is 14.9. The molecular weight excluding hydrogens is 253 g/mol. The van der Waals surface area contributed by atoms with Crippen LogP contribution in [0, 0.1) is 18.6 Å². The molecule has 0 aliphatic carbocycles. The summed E-state index contributed by atoms with van der Waals surface area (Å²) >= 11 is 0. The van der Waals surface area contributed by atoms with Gasteiger partial charge in [0.15, 0.2) is 0 Å². The van der Waals surface area contributed by atoms with Crippen molar-refractivity contribution < 1.29 is 22.0 Å². The normalized spacial score (nSPS) is 14.1. The summed E-state index contributed by atoms with van der Waals surface area (Å²) < 4.78 is 65.1. The van der Waals surface area contributed by atoms with E-state index in [4.69, 9.17) is 0 Å². The van der Waals surface area contributed by atoms with Crippen LogP contribution in [-0.4, -0.2) is 12.2 Å². The summed E-state index contributed by atoms with van der Waals surface area (Å²) in [6, 6.07) is -1.26. The topological polar surface area (TPSA) is 12.0 Å². The minimum Gasteiger partial charge on any atom is -0.300 e. The predicted octanol–water partition coefficient (Wildman–Crippen LogP) is 3.87. The van der Waals surface area contributed by atoms with Crippen LogP contribution in [0.3, 0.4) is 0 Å². The summed E-state index contributed by atoms with van der Waals surface area (Å²) in [6.07, 6.45) is -4.64. The van der Waals surface area contributed by atoms with Crippen molar-refractivity contribution in [3.8, 4) is 0 Å². The van der Waals surface area contributed by atoms with Gasteiger partial charge in [0.25, 0.3) is 0 Å². The molecule has 0 aliphatic heterocycles. The van der Waals surface area contributed by atoms with Crippen molar-refractivity contribution in [1.82, 2.24) is 5.32 Å². The Bertz CT molecular complexity index is 425. The molecule has 1 nitrogen and oxygen atoms in total. The lowest BCUT2D eigenvalue weighted by molar-refractivity contribution is -0.159. The summed E-state index contributed by atoms with van der Waals surface area (Å²) in [5.74, 6) is -2.06. The van der Waals surface area contributed by atoms with Gasteiger partial charge in [0, 0.05) is 17.7 Å². The summed E-state index contributed by atoms with van der Waals surface area (Å²) in [6.45, 7) is 4.33. The van der Waals surface area contributed by atoms with Gasteiger partial charge in [0.2, 0.25) is 0 Å². The molecule has 1 unspecified atom stereocenters. The minimum atomic E-state index is -4.64. The van der Waals surface area contributed by atoms with Gasteiger partial charge in [-0.1, -0.05) is 13.8 Å². The van der Waals surface area contributed by atoms with Gasteiger partial charge in [0.05, 0.1) is 0 Å². The highest BCUT2D eigenvalue weighted by Gasteiger charge is 2.42. The molecule has 0 aromatic heterocycles. The van der Waals surface area contributed by atoms with Crippen LogP contribution >= 0.6 is 0 Å². The number of benzene rings is 1. The van der Waals surface area contributed by atoms with Crippen molar-refractivity contribution >= 4 is 0 Å². The number of nitrogens with one attached hydrogen (secondary N) is 1. The van der Waals surface area contributed by atoms with Crippen LogP contribution in [0.1, 0.15) is 31.0 Å². The van der Waals surface area contributed by atoms with E-state index in [0.717, 1.165) is 6.07 Å². The molecule has 1 aromatic rings. The minimum absolute atomic E-state index is 0.0220. The molecule has 6 heteroatoms. The molecular formula is C12H14F5N. The van der Waals surface area contributed by atoms with Crippen LogP contribution < -0.4 is 5.32 Å². The van der Waals surface area contributed by atoms with E-state index in [9.17, 15) is 22.0 Å². The highest BCUT2D eigenvalue weighted by molar-refractivity contribution is 5.29. The van der Waals surface area contributed by atoms with E-state index in [1.807, 2.05) is 0 Å². The first-order valence-electron chi connectivity index (χ1n) is 5.41. The maximum absolute atomic E-state index is 13.5. The fourth-order valence-corrected chi connectivity index (χ4v) is 1.59. The Morgan fingerprint density at radius 1 is 1.06 bits per heavy atom. The number of hydrogen-bond acceptors (Lipinski definition) is 1. The van der Waals surface area contributed by atoms with E-state index >= 15 is 0 Å². The highest BCUT2D eigenvalue weighted by atomic mass is 19.4. The Balaban J connectivity index is 3.25. The van der Waals surface area contributed by atoms with Gasteiger partial charge in [-0.05, 0) is 18.6 Å². The van der Waals surface area contributed by atoms with E-state index in [2.05, 4.69) is 5.32 Å². The molecule has 1 aromatic carbocycles. The molecule has 0 fully saturated rings. The largest absolute Gasteiger partial charge is 0.408 e. The van der Waals surface area contributed by atoms with E-state index in [-0.39, 0.29) is 5.56 Å². The van der Waals surface area contributed by atoms with E-state index < -0.39 is 35.5 Å². The zero-order valence-corrected chi connectivity index (χ0v) is 10.2. The molecule has 0 radical (unpaired) electrons. The summed E-state index contributed by atoms with van der Waals surface area (Å²) in [5, 5.41) is 2.24. The van der Waals surface area contributed by atoms with Crippen molar-refractivity contribution in [2.45, 2.75) is 39.0 Å². The van der Waals surface area contributed by atoms with Gasteiger partial charge in [-0.25, -0.2) is 8.78 Å². The Hall–Kier alpha value is -1.17. The Kier molecular flexibility index (Phi) is 4.32. The molecule has 0 aliphatic rings. The maximum Gasteiger partial charge on any atom is 0.408 e. The molecule has 102 valence electrons. The van der Waals surface area contributed by atoms with Gasteiger partial charge in [-0.15, -0.1) is 0 Å². The average Bonchev–Trinajstić information content (AvgIpc) is 2.18. The van der Waals surface area contributed by atoms with E-state index in [1.165, 1.54) is 20.8 Å². The van der Waals surface area contributed by atoms with Crippen molar-refractivity contribution in [2.75, 3.05) is 0 Å². The first-order chi connectivity index (χ1) is 8.12. The second kappa shape index (κ2) is 5.22. The smallest absolute Gasteiger partial charge is 0.300 e. The zero-order valence-electron chi connectivity index (χ0n) is 10.2. The summed E-state index contributed by atoms with van der Waals surface area (Å²) in [4.78, 5) is 0. The summed E-state index contributed by atoms with van der Waals surface area (Å²) in [7, 11) is 0. The van der Waals surface area contributed by atoms with Crippen LogP contribution in [-0.2, 0) is 0 Å². The summed E-state index contributed by atoms with van der Waals surface area (Å²) in [5.41, 5.74) is -0.610. The van der Waals surface area contributed by atoms with Crippen LogP contribution in [0.15, 0.2) is 12.1 Å². The first-order valence-corrected chi connectivity index (χ1v) is 5.41. The monoisotopic (exact) mass is 267 g/mol. The fraction of sp³-hybridized carbons (Fsp3) is 0.500. The quantitative estimate of drug-likeness (QED) is 0.820. The van der Waals surface area contributed by atoms with Crippen molar-refractivity contribution in [3.63, 3.8) is 0 Å². The van der Waals surface area contributed by atoms with E-state index in [0.29, 0.717) is 6.07 Å². The van der Waals surface area contributed by atoms with Gasteiger partial charge in [0.1, 0.15) is 17.7 Å². The van der Waals surface area contributed by atoms with Gasteiger partial charge in [-0.2, -0.15) is 13.2 Å². The molecule has 0 saturated carbocycles. The second-order valence-corrected chi connectivity index (χ2v) is 4.42. The van der Waals surface area contributed by atoms with Crippen LogP contribution in [0.4, 0.5) is 22.0 Å². The maximum atomic E-state index is 13.5. The van der Waals surface area contributed by atoms with E-state index in [1.54, 1.807) is 0 Å². The lowest BCUT2D eigenvalue weighted by atomic mass is 10.0. The Morgan fingerprint density at radius 2 is 1.61 bits per heavy atom. The molecule has 0 bridgehead atoms. The second-order valence-electron chi connectivity index (χ2n) is 4.42. The lowest BCUT2D eigenvalue weighted by Gasteiger charge is -2.25. The number of rotatable bonds is 3. The number of aryl methyl sites for hydroxylation is 1. The average molecular weight is 267 g/mol. The molecule has 0 saturated heterocycles. The van der Waals surface area contributed by atoms with Crippen molar-refractivity contribution in [1.29, 1.82) is 0 Å². The third-order valence-corrected chi connectivity index (χ3v) is 2.42. The lowest BCUT2D eigenvalue weighted by Crippen LogP contribution is -2.38. The predicted molar refractivity (Wildman–Crippen MR) is 58.2 cm³/mol. The number of halogens is 5. The van der Waals surface area contributed by atoms with Crippen LogP contribution in [0.25, 0.3) is 0 Å². The van der Waals surface area contributed by atoms with Crippen molar-refractivity contribution in [3.05, 3.63) is 34.9 Å². The zero-order chi connectivity index (χ0) is 14.1. The Morgan fingerprint density at radius 3 is 2.06 bits per heavy atom. The Labute approximate surface area is 102 Å². The van der Waals surface area contributed by atoms with Gasteiger partial charge in [-0.3, -0.25) is 0 Å². The number of hydrogen-bond donors (Lipinski definition) is 1. The van der Waals surface area contributed by atoms with Gasteiger partial charge >= 0.3 is 6.18 Å². The molecule has 18 heavy (non-hydrogen) atoms. The van der Waals surface area contributed by atoms with Gasteiger partial charge < -0.3 is 5.32 Å². The third kappa shape index (κ3) is 3.41. The molecule has 1 N–H and O–H groups in total. The third-order valence-electron chi connectivity index (χ3n) is 2.42. The molecule has 0 amide bonds.